The molecule has 1 saturated carbocycles. The van der Waals surface area contributed by atoms with E-state index in [0.29, 0.717) is 49.4 Å². The van der Waals surface area contributed by atoms with Crippen LogP contribution in [0, 0.1) is 11.8 Å². The van der Waals surface area contributed by atoms with E-state index in [0.717, 1.165) is 5.76 Å². The minimum absolute atomic E-state index is 0.0108. The van der Waals surface area contributed by atoms with Gasteiger partial charge in [0.2, 0.25) is 18.6 Å². The molecular weight excluding hydrogens is 348 g/mol. The lowest BCUT2D eigenvalue weighted by Gasteiger charge is -2.27. The molecule has 0 saturated heterocycles. The number of carbonyl (C=O) groups excluding carboxylic acids is 2. The van der Waals surface area contributed by atoms with E-state index in [1.54, 1.807) is 30.5 Å². The first-order valence-electron chi connectivity index (χ1n) is 9.19. The molecule has 4 rings (SSSR count). The fourth-order valence-corrected chi connectivity index (χ4v) is 3.57. The van der Waals surface area contributed by atoms with Gasteiger partial charge in [-0.05, 0) is 49.9 Å². The number of fused-ring (bicyclic) bond motifs is 1. The Kier molecular flexibility index (Phi) is 5.00. The average Bonchev–Trinajstić information content (AvgIpc) is 3.37. The Bertz CT molecular complexity index is 810. The molecule has 0 radical (unpaired) electrons. The molecule has 0 atom stereocenters. The summed E-state index contributed by atoms with van der Waals surface area (Å²) in [6.45, 7) is 0.606. The molecule has 2 N–H and O–H groups in total. The van der Waals surface area contributed by atoms with Crippen LogP contribution in [-0.2, 0) is 16.1 Å². The second kappa shape index (κ2) is 7.73. The van der Waals surface area contributed by atoms with E-state index < -0.39 is 0 Å². The lowest BCUT2D eigenvalue weighted by atomic mass is 9.81. The van der Waals surface area contributed by atoms with Gasteiger partial charge < -0.3 is 24.5 Å². The first-order chi connectivity index (χ1) is 13.2. The third kappa shape index (κ3) is 4.07. The molecule has 7 heteroatoms. The summed E-state index contributed by atoms with van der Waals surface area (Å²) >= 11 is 0. The first-order valence-corrected chi connectivity index (χ1v) is 9.19. The largest absolute Gasteiger partial charge is 0.467 e. The zero-order valence-electron chi connectivity index (χ0n) is 14.9. The van der Waals surface area contributed by atoms with Gasteiger partial charge in [-0.1, -0.05) is 0 Å². The van der Waals surface area contributed by atoms with Gasteiger partial charge in [0.15, 0.2) is 11.5 Å². The van der Waals surface area contributed by atoms with Crippen LogP contribution in [0.5, 0.6) is 11.5 Å². The van der Waals surface area contributed by atoms with Crippen molar-refractivity contribution in [1.82, 2.24) is 5.32 Å². The molecule has 0 unspecified atom stereocenters. The van der Waals surface area contributed by atoms with Crippen molar-refractivity contribution >= 4 is 17.5 Å². The van der Waals surface area contributed by atoms with Gasteiger partial charge in [-0.3, -0.25) is 9.59 Å². The highest BCUT2D eigenvalue weighted by Crippen LogP contribution is 2.35. The Labute approximate surface area is 157 Å². The van der Waals surface area contributed by atoms with Crippen LogP contribution in [0.1, 0.15) is 31.4 Å². The summed E-state index contributed by atoms with van der Waals surface area (Å²) in [5.41, 5.74) is 0.697. The molecule has 2 aliphatic rings. The van der Waals surface area contributed by atoms with Crippen LogP contribution in [-0.4, -0.2) is 18.6 Å². The number of benzene rings is 1. The summed E-state index contributed by atoms with van der Waals surface area (Å²) < 4.78 is 15.8. The highest BCUT2D eigenvalue weighted by Gasteiger charge is 2.30. The minimum atomic E-state index is -0.0791. The molecule has 1 aliphatic heterocycles. The van der Waals surface area contributed by atoms with Gasteiger partial charge in [0.25, 0.3) is 0 Å². The lowest BCUT2D eigenvalue weighted by Crippen LogP contribution is -2.35. The topological polar surface area (TPSA) is 89.8 Å². The summed E-state index contributed by atoms with van der Waals surface area (Å²) in [7, 11) is 0. The van der Waals surface area contributed by atoms with Crippen LogP contribution in [0.3, 0.4) is 0 Å². The van der Waals surface area contributed by atoms with Gasteiger partial charge in [0.05, 0.1) is 12.8 Å². The maximum Gasteiger partial charge on any atom is 0.231 e. The second-order valence-corrected chi connectivity index (χ2v) is 6.90. The normalized spacial score (nSPS) is 20.9. The SMILES string of the molecule is O=C(NCc1ccco1)C1CCC(C(=O)Nc2ccc3c(c2)OCO3)CC1. The Hall–Kier alpha value is -2.96. The monoisotopic (exact) mass is 370 g/mol. The fraction of sp³-hybridized carbons (Fsp3) is 0.400. The van der Waals surface area contributed by atoms with Crippen molar-refractivity contribution in [3.63, 3.8) is 0 Å². The molecular formula is C20H22N2O5. The van der Waals surface area contributed by atoms with Crippen molar-refractivity contribution in [1.29, 1.82) is 0 Å². The van der Waals surface area contributed by atoms with E-state index in [1.165, 1.54) is 0 Å². The van der Waals surface area contributed by atoms with Crippen LogP contribution in [0.2, 0.25) is 0 Å². The number of hydrogen-bond acceptors (Lipinski definition) is 5. The highest BCUT2D eigenvalue weighted by atomic mass is 16.7. The molecule has 7 nitrogen and oxygen atoms in total. The summed E-state index contributed by atoms with van der Waals surface area (Å²) in [4.78, 5) is 24.8. The second-order valence-electron chi connectivity index (χ2n) is 6.90. The van der Waals surface area contributed by atoms with E-state index in [-0.39, 0.29) is 30.4 Å². The van der Waals surface area contributed by atoms with Crippen LogP contribution >= 0.6 is 0 Å². The molecule has 0 spiro atoms. The molecule has 27 heavy (non-hydrogen) atoms. The Morgan fingerprint density at radius 2 is 1.70 bits per heavy atom. The quantitative estimate of drug-likeness (QED) is 0.844. The third-order valence-electron chi connectivity index (χ3n) is 5.13. The molecule has 2 amide bonds. The van der Waals surface area contributed by atoms with Crippen LogP contribution < -0.4 is 20.1 Å². The molecule has 1 aliphatic carbocycles. The zero-order valence-corrected chi connectivity index (χ0v) is 14.9. The van der Waals surface area contributed by atoms with Gasteiger partial charge >= 0.3 is 0 Å². The Morgan fingerprint density at radius 1 is 0.963 bits per heavy atom. The standard InChI is InChI=1S/C20H22N2O5/c23-19(21-11-16-2-1-9-25-16)13-3-5-14(6-4-13)20(24)22-15-7-8-17-18(10-15)27-12-26-17/h1-2,7-10,13-14H,3-6,11-12H2,(H,21,23)(H,22,24). The number of carbonyl (C=O) groups is 2. The van der Waals surface area contributed by atoms with E-state index in [1.807, 2.05) is 6.07 Å². The highest BCUT2D eigenvalue weighted by molar-refractivity contribution is 5.93. The van der Waals surface area contributed by atoms with Crippen LogP contribution in [0.15, 0.2) is 41.0 Å². The van der Waals surface area contributed by atoms with Crippen molar-refractivity contribution in [3.05, 3.63) is 42.4 Å². The molecule has 1 aromatic heterocycles. The predicted molar refractivity (Wildman–Crippen MR) is 97.2 cm³/mol. The molecule has 2 heterocycles. The molecule has 2 aromatic rings. The van der Waals surface area contributed by atoms with E-state index >= 15 is 0 Å². The summed E-state index contributed by atoms with van der Waals surface area (Å²) in [5, 5.41) is 5.85. The molecule has 0 bridgehead atoms. The van der Waals surface area contributed by atoms with Crippen molar-refractivity contribution in [2.75, 3.05) is 12.1 Å². The van der Waals surface area contributed by atoms with Crippen molar-refractivity contribution in [2.24, 2.45) is 11.8 Å². The maximum atomic E-state index is 12.5. The van der Waals surface area contributed by atoms with Gasteiger partial charge in [-0.2, -0.15) is 0 Å². The summed E-state index contributed by atoms with van der Waals surface area (Å²) in [6.07, 6.45) is 4.42. The lowest BCUT2D eigenvalue weighted by molar-refractivity contribution is -0.128. The molecule has 1 aromatic carbocycles. The van der Waals surface area contributed by atoms with E-state index in [2.05, 4.69) is 10.6 Å². The molecule has 1 fully saturated rings. The van der Waals surface area contributed by atoms with Gasteiger partial charge in [-0.25, -0.2) is 0 Å². The third-order valence-corrected chi connectivity index (χ3v) is 5.13. The first kappa shape index (κ1) is 17.5. The maximum absolute atomic E-state index is 12.5. The van der Waals surface area contributed by atoms with Gasteiger partial charge in [0.1, 0.15) is 5.76 Å². The van der Waals surface area contributed by atoms with Crippen molar-refractivity contribution in [2.45, 2.75) is 32.2 Å². The van der Waals surface area contributed by atoms with E-state index in [9.17, 15) is 9.59 Å². The number of anilines is 1. The number of amides is 2. The Balaban J connectivity index is 1.24. The number of ether oxygens (including phenoxy) is 2. The number of nitrogens with one attached hydrogen (secondary N) is 2. The zero-order chi connectivity index (χ0) is 18.6. The summed E-state index contributed by atoms with van der Waals surface area (Å²) in [5.74, 6) is 1.96. The number of furan rings is 1. The fourth-order valence-electron chi connectivity index (χ4n) is 3.57. The van der Waals surface area contributed by atoms with Gasteiger partial charge in [0, 0.05) is 23.6 Å². The van der Waals surface area contributed by atoms with Crippen LogP contribution in [0.4, 0.5) is 5.69 Å². The van der Waals surface area contributed by atoms with Crippen molar-refractivity contribution < 1.29 is 23.5 Å². The molecule has 142 valence electrons. The van der Waals surface area contributed by atoms with E-state index in [4.69, 9.17) is 13.9 Å². The van der Waals surface area contributed by atoms with Crippen molar-refractivity contribution in [3.8, 4) is 11.5 Å². The average molecular weight is 370 g/mol. The van der Waals surface area contributed by atoms with Crippen LogP contribution in [0.25, 0.3) is 0 Å². The Morgan fingerprint density at radius 3 is 2.44 bits per heavy atom. The smallest absolute Gasteiger partial charge is 0.231 e. The number of rotatable bonds is 5. The summed E-state index contributed by atoms with van der Waals surface area (Å²) in [6, 6.07) is 8.99. The number of hydrogen-bond donors (Lipinski definition) is 2. The van der Waals surface area contributed by atoms with Gasteiger partial charge in [-0.15, -0.1) is 0 Å². The predicted octanol–water partition coefficient (Wildman–Crippen LogP) is 3.07. The minimum Gasteiger partial charge on any atom is -0.467 e.